The summed E-state index contributed by atoms with van der Waals surface area (Å²) >= 11 is 2.75. The molecule has 3 heterocycles. The number of aliphatic carboxylic acids is 1. The summed E-state index contributed by atoms with van der Waals surface area (Å²) in [6, 6.07) is 18.0. The number of thioether (sulfide) groups is 2. The normalized spacial score (nSPS) is 21.9. The van der Waals surface area contributed by atoms with Gasteiger partial charge in [0.2, 0.25) is 5.91 Å². The zero-order valence-corrected chi connectivity index (χ0v) is 23.8. The number of β-lactam (4-membered cyclic amide) rings is 1. The average Bonchev–Trinajstić information content (AvgIpc) is 3.26. The summed E-state index contributed by atoms with van der Waals surface area (Å²) in [5.41, 5.74) is 1.62. The molecule has 0 aromatic heterocycles. The van der Waals surface area contributed by atoms with E-state index >= 15 is 0 Å². The number of hydrogen-bond acceptors (Lipinski definition) is 6. The quantitative estimate of drug-likeness (QED) is 0.218. The maximum absolute atomic E-state index is 13.0. The number of carbonyl (C=O) groups is 4. The number of rotatable bonds is 7. The monoisotopic (exact) mass is 545 g/mol. The smallest absolute Gasteiger partial charge is 1.00 e. The number of hydrogen-bond donors (Lipinski definition) is 2. The molecule has 2 aromatic carbocycles. The number of anilines is 1. The number of allylic oxidation sites excluding steroid dienone is 1. The first-order chi connectivity index (χ1) is 17.4. The zero-order valence-electron chi connectivity index (χ0n) is 21.1. The number of benzene rings is 2. The Morgan fingerprint density at radius 1 is 1.11 bits per heavy atom. The Morgan fingerprint density at radius 3 is 2.46 bits per heavy atom. The van der Waals surface area contributed by atoms with E-state index in [0.29, 0.717) is 29.9 Å². The number of fused-ring (bicyclic) bond motifs is 1. The van der Waals surface area contributed by atoms with E-state index in [0.717, 1.165) is 10.6 Å². The van der Waals surface area contributed by atoms with Gasteiger partial charge in [-0.05, 0) is 42.3 Å². The van der Waals surface area contributed by atoms with Gasteiger partial charge in [0.1, 0.15) is 17.1 Å². The Hall–Kier alpha value is -2.50. The molecule has 0 saturated carbocycles. The molecule has 0 spiro atoms. The molecule has 186 valence electrons. The third-order valence-corrected chi connectivity index (χ3v) is 8.49. The molecular formula is C26H24N3NaO5S2. The van der Waals surface area contributed by atoms with Gasteiger partial charge in [-0.3, -0.25) is 19.3 Å². The standard InChI is InChI=1S/C26H23N3O5S2.Na.H/c30-20(15-35-19-9-5-2-6-10-19)27-21-24(32)29-22(26(33)34)17(14-36-25(21)29)13-16-11-12-28(23(16)31)18-7-3-1-4-8-18;;/h1-10,13,21,25H,11-12,14-15H2,(H,27,30)(H,33,34);;/q;+1;-1/b16-13+;;/t21-,25-;;/m1../s1. The number of carboxylic acids is 1. The fraction of sp³-hybridized carbons (Fsp3) is 0.231. The van der Waals surface area contributed by atoms with Crippen LogP contribution in [0.4, 0.5) is 5.69 Å². The van der Waals surface area contributed by atoms with Gasteiger partial charge in [-0.2, -0.15) is 0 Å². The minimum atomic E-state index is -1.23. The van der Waals surface area contributed by atoms with Gasteiger partial charge in [0, 0.05) is 28.5 Å². The van der Waals surface area contributed by atoms with Crippen molar-refractivity contribution in [2.24, 2.45) is 0 Å². The molecule has 3 amide bonds. The SMILES string of the molecule is O=C(CSc1ccccc1)N[C@@H]1C(=O)N2C(C(=O)O)=C(/C=C3\CCN(c4ccccc4)C3=O)CS[C@H]12.[H-].[Na+]. The third-order valence-electron chi connectivity index (χ3n) is 6.17. The molecule has 0 radical (unpaired) electrons. The summed E-state index contributed by atoms with van der Waals surface area (Å²) in [5, 5.41) is 12.2. The minimum absolute atomic E-state index is 0. The number of nitrogens with zero attached hydrogens (tertiary/aromatic N) is 2. The Labute approximate surface area is 246 Å². The van der Waals surface area contributed by atoms with Crippen LogP contribution in [0.1, 0.15) is 7.85 Å². The van der Waals surface area contributed by atoms with Gasteiger partial charge in [0.05, 0.1) is 5.75 Å². The first-order valence-electron chi connectivity index (χ1n) is 11.4. The van der Waals surface area contributed by atoms with Crippen LogP contribution in [0.5, 0.6) is 0 Å². The van der Waals surface area contributed by atoms with Crippen molar-refractivity contribution in [1.82, 2.24) is 10.2 Å². The Balaban J connectivity index is 0.00000200. The predicted molar refractivity (Wildman–Crippen MR) is 139 cm³/mol. The number of carboxylic acid groups (broad SMARTS) is 1. The largest absolute Gasteiger partial charge is 1.00 e. The maximum atomic E-state index is 13.0. The van der Waals surface area contributed by atoms with E-state index in [9.17, 15) is 24.3 Å². The van der Waals surface area contributed by atoms with Crippen LogP contribution in [-0.2, 0) is 19.2 Å². The van der Waals surface area contributed by atoms with Gasteiger partial charge in [-0.25, -0.2) is 4.79 Å². The fourth-order valence-corrected chi connectivity index (χ4v) is 6.48. The van der Waals surface area contributed by atoms with Crippen molar-refractivity contribution in [2.75, 3.05) is 23.0 Å². The first kappa shape index (κ1) is 27.5. The van der Waals surface area contributed by atoms with E-state index in [-0.39, 0.29) is 54.2 Å². The van der Waals surface area contributed by atoms with E-state index in [1.807, 2.05) is 60.7 Å². The molecule has 8 nitrogen and oxygen atoms in total. The van der Waals surface area contributed by atoms with Crippen molar-refractivity contribution in [2.45, 2.75) is 22.7 Å². The fourth-order valence-electron chi connectivity index (χ4n) is 4.45. The van der Waals surface area contributed by atoms with Crippen molar-refractivity contribution < 1.29 is 55.3 Å². The van der Waals surface area contributed by atoms with Gasteiger partial charge in [0.15, 0.2) is 0 Å². The first-order valence-corrected chi connectivity index (χ1v) is 13.4. The van der Waals surface area contributed by atoms with E-state index in [2.05, 4.69) is 5.32 Å². The van der Waals surface area contributed by atoms with Crippen molar-refractivity contribution in [3.05, 3.63) is 83.6 Å². The number of amides is 3. The van der Waals surface area contributed by atoms with Crippen LogP contribution in [0, 0.1) is 0 Å². The number of nitrogens with one attached hydrogen (secondary N) is 1. The molecule has 11 heteroatoms. The van der Waals surface area contributed by atoms with Crippen LogP contribution in [0.15, 0.2) is 88.5 Å². The Bertz CT molecular complexity index is 1290. The molecule has 0 aliphatic carbocycles. The second-order valence-corrected chi connectivity index (χ2v) is 10.6. The molecule has 2 aromatic rings. The summed E-state index contributed by atoms with van der Waals surface area (Å²) in [4.78, 5) is 54.3. The molecule has 5 rings (SSSR count). The van der Waals surface area contributed by atoms with Crippen LogP contribution in [0.25, 0.3) is 0 Å². The molecule has 37 heavy (non-hydrogen) atoms. The van der Waals surface area contributed by atoms with Crippen LogP contribution in [0.2, 0.25) is 0 Å². The Morgan fingerprint density at radius 2 is 1.78 bits per heavy atom. The predicted octanol–water partition coefficient (Wildman–Crippen LogP) is -0.00290. The Kier molecular flexibility index (Phi) is 8.86. The molecule has 2 N–H and O–H groups in total. The van der Waals surface area contributed by atoms with E-state index in [4.69, 9.17) is 0 Å². The second-order valence-electron chi connectivity index (χ2n) is 8.45. The van der Waals surface area contributed by atoms with E-state index < -0.39 is 23.3 Å². The number of carbonyl (C=O) groups excluding carboxylic acids is 3. The van der Waals surface area contributed by atoms with E-state index in [1.165, 1.54) is 28.4 Å². The summed E-state index contributed by atoms with van der Waals surface area (Å²) in [6.45, 7) is 0.512. The summed E-state index contributed by atoms with van der Waals surface area (Å²) in [5.74, 6) is -1.65. The minimum Gasteiger partial charge on any atom is -1.00 e. The van der Waals surface area contributed by atoms with Crippen LogP contribution >= 0.6 is 23.5 Å². The average molecular weight is 546 g/mol. The van der Waals surface area contributed by atoms with Crippen LogP contribution < -0.4 is 39.8 Å². The molecule has 3 aliphatic rings. The molecule has 2 saturated heterocycles. The van der Waals surface area contributed by atoms with Crippen molar-refractivity contribution >= 4 is 52.9 Å². The van der Waals surface area contributed by atoms with Gasteiger partial charge < -0.3 is 16.7 Å². The van der Waals surface area contributed by atoms with Gasteiger partial charge in [-0.1, -0.05) is 36.4 Å². The molecule has 3 aliphatic heterocycles. The third kappa shape index (κ3) is 5.68. The van der Waals surface area contributed by atoms with Crippen LogP contribution in [-0.4, -0.2) is 63.2 Å². The van der Waals surface area contributed by atoms with Gasteiger partial charge in [-0.15, -0.1) is 23.5 Å². The zero-order chi connectivity index (χ0) is 25.2. The second kappa shape index (κ2) is 11.9. The molecule has 0 unspecified atom stereocenters. The molecular weight excluding hydrogens is 521 g/mol. The van der Waals surface area contributed by atoms with Crippen molar-refractivity contribution in [3.8, 4) is 0 Å². The topological polar surface area (TPSA) is 107 Å². The van der Waals surface area contributed by atoms with Gasteiger partial charge >= 0.3 is 35.5 Å². The summed E-state index contributed by atoms with van der Waals surface area (Å²) in [6.07, 6.45) is 2.11. The van der Waals surface area contributed by atoms with Crippen molar-refractivity contribution in [3.63, 3.8) is 0 Å². The van der Waals surface area contributed by atoms with Crippen LogP contribution in [0.3, 0.4) is 0 Å². The maximum Gasteiger partial charge on any atom is 1.00 e. The van der Waals surface area contributed by atoms with Gasteiger partial charge in [0.25, 0.3) is 11.8 Å². The van der Waals surface area contributed by atoms with Crippen molar-refractivity contribution in [1.29, 1.82) is 0 Å². The van der Waals surface area contributed by atoms with E-state index in [1.54, 1.807) is 11.0 Å². The molecule has 0 bridgehead atoms. The molecule has 2 fully saturated rings. The number of para-hydroxylation sites is 1. The molecule has 2 atom stereocenters. The summed E-state index contributed by atoms with van der Waals surface area (Å²) in [7, 11) is 0. The summed E-state index contributed by atoms with van der Waals surface area (Å²) < 4.78 is 0.